The lowest BCUT2D eigenvalue weighted by Crippen LogP contribution is -2.15. The molecule has 0 aliphatic rings. The van der Waals surface area contributed by atoms with Crippen molar-refractivity contribution in [1.82, 2.24) is 5.32 Å². The van der Waals surface area contributed by atoms with Crippen molar-refractivity contribution >= 4 is 0 Å². The molecule has 0 heterocycles. The molecule has 0 saturated heterocycles. The lowest BCUT2D eigenvalue weighted by Gasteiger charge is -2.15. The van der Waals surface area contributed by atoms with Crippen LogP contribution in [0.15, 0.2) is 18.2 Å². The van der Waals surface area contributed by atoms with Crippen molar-refractivity contribution in [2.45, 2.75) is 12.8 Å². The molecule has 1 aromatic rings. The van der Waals surface area contributed by atoms with Gasteiger partial charge in [-0.1, -0.05) is 6.92 Å². The topological polar surface area (TPSA) is 21.3 Å². The molecule has 0 saturated carbocycles. The minimum atomic E-state index is -0.219. The summed E-state index contributed by atoms with van der Waals surface area (Å²) in [7, 11) is 3.48. The summed E-state index contributed by atoms with van der Waals surface area (Å²) in [6.07, 6.45) is 0. The molecule has 78 valence electrons. The molecule has 0 radical (unpaired) electrons. The summed E-state index contributed by atoms with van der Waals surface area (Å²) in [6, 6.07) is 4.60. The second-order valence-electron chi connectivity index (χ2n) is 3.34. The van der Waals surface area contributed by atoms with Crippen LogP contribution in [0.25, 0.3) is 0 Å². The molecule has 0 aromatic heterocycles. The van der Waals surface area contributed by atoms with Crippen LogP contribution in [0.3, 0.4) is 0 Å². The van der Waals surface area contributed by atoms with Crippen molar-refractivity contribution in [2.75, 3.05) is 20.7 Å². The molecule has 1 rings (SSSR count). The number of likely N-dealkylation sites (N-methyl/N-ethyl adjacent to an activating group) is 1. The van der Waals surface area contributed by atoms with Gasteiger partial charge in [0.1, 0.15) is 11.6 Å². The summed E-state index contributed by atoms with van der Waals surface area (Å²) in [6.45, 7) is 2.84. The predicted octanol–water partition coefficient (Wildman–Crippen LogP) is 2.16. The fourth-order valence-electron chi connectivity index (χ4n) is 1.51. The number of halogens is 1. The summed E-state index contributed by atoms with van der Waals surface area (Å²) < 4.78 is 18.2. The first-order valence-electron chi connectivity index (χ1n) is 4.67. The van der Waals surface area contributed by atoms with E-state index in [1.165, 1.54) is 12.1 Å². The third-order valence-corrected chi connectivity index (χ3v) is 2.23. The normalized spacial score (nSPS) is 12.6. The molecule has 3 heteroatoms. The van der Waals surface area contributed by atoms with E-state index >= 15 is 0 Å². The second-order valence-corrected chi connectivity index (χ2v) is 3.34. The van der Waals surface area contributed by atoms with E-state index in [9.17, 15) is 4.39 Å². The number of rotatable bonds is 4. The van der Waals surface area contributed by atoms with E-state index in [1.54, 1.807) is 13.2 Å². The first kappa shape index (κ1) is 11.0. The SMILES string of the molecule is CNCC(C)c1cc(F)ccc1OC. The molecule has 0 amide bonds. The highest BCUT2D eigenvalue weighted by molar-refractivity contribution is 5.36. The van der Waals surface area contributed by atoms with Crippen molar-refractivity contribution in [2.24, 2.45) is 0 Å². The van der Waals surface area contributed by atoms with Gasteiger partial charge in [-0.2, -0.15) is 0 Å². The monoisotopic (exact) mass is 197 g/mol. The largest absolute Gasteiger partial charge is 0.496 e. The number of ether oxygens (including phenoxy) is 1. The summed E-state index contributed by atoms with van der Waals surface area (Å²) >= 11 is 0. The van der Waals surface area contributed by atoms with Crippen LogP contribution in [-0.4, -0.2) is 20.7 Å². The lowest BCUT2D eigenvalue weighted by atomic mass is 10.00. The molecule has 14 heavy (non-hydrogen) atoms. The zero-order valence-corrected chi connectivity index (χ0v) is 8.80. The standard InChI is InChI=1S/C11H16FNO/c1-8(7-13-2)10-6-9(12)4-5-11(10)14-3/h4-6,8,13H,7H2,1-3H3. The van der Waals surface area contributed by atoms with Gasteiger partial charge in [0.2, 0.25) is 0 Å². The number of hydrogen-bond acceptors (Lipinski definition) is 2. The van der Waals surface area contributed by atoms with Gasteiger partial charge >= 0.3 is 0 Å². The molecular weight excluding hydrogens is 181 g/mol. The molecule has 1 atom stereocenters. The fraction of sp³-hybridized carbons (Fsp3) is 0.455. The van der Waals surface area contributed by atoms with Crippen molar-refractivity contribution in [3.63, 3.8) is 0 Å². The Balaban J connectivity index is 2.97. The average molecular weight is 197 g/mol. The van der Waals surface area contributed by atoms with Crippen molar-refractivity contribution in [1.29, 1.82) is 0 Å². The van der Waals surface area contributed by atoms with E-state index in [0.29, 0.717) is 0 Å². The molecule has 1 unspecified atom stereocenters. The maximum Gasteiger partial charge on any atom is 0.123 e. The summed E-state index contributed by atoms with van der Waals surface area (Å²) in [5.74, 6) is 0.767. The summed E-state index contributed by atoms with van der Waals surface area (Å²) in [5.41, 5.74) is 0.904. The van der Waals surface area contributed by atoms with Crippen molar-refractivity contribution in [3.8, 4) is 5.75 Å². The molecule has 0 aliphatic heterocycles. The number of hydrogen-bond donors (Lipinski definition) is 1. The van der Waals surface area contributed by atoms with Crippen LogP contribution in [0, 0.1) is 5.82 Å². The van der Waals surface area contributed by atoms with E-state index in [4.69, 9.17) is 4.74 Å². The Kier molecular flexibility index (Phi) is 3.89. The Morgan fingerprint density at radius 3 is 2.79 bits per heavy atom. The third-order valence-electron chi connectivity index (χ3n) is 2.23. The predicted molar refractivity (Wildman–Crippen MR) is 55.3 cm³/mol. The van der Waals surface area contributed by atoms with Gasteiger partial charge in [0.05, 0.1) is 7.11 Å². The zero-order chi connectivity index (χ0) is 10.6. The van der Waals surface area contributed by atoms with Gasteiger partial charge in [0, 0.05) is 12.1 Å². The van der Waals surface area contributed by atoms with Crippen molar-refractivity contribution < 1.29 is 9.13 Å². The Labute approximate surface area is 84.1 Å². The van der Waals surface area contributed by atoms with E-state index in [1.807, 2.05) is 14.0 Å². The first-order chi connectivity index (χ1) is 6.69. The Morgan fingerprint density at radius 2 is 2.21 bits per heavy atom. The van der Waals surface area contributed by atoms with Gasteiger partial charge in [0.15, 0.2) is 0 Å². The number of benzene rings is 1. The first-order valence-corrected chi connectivity index (χ1v) is 4.67. The van der Waals surface area contributed by atoms with Crippen LogP contribution in [0.2, 0.25) is 0 Å². The summed E-state index contributed by atoms with van der Waals surface area (Å²) in [5, 5.41) is 3.06. The van der Waals surface area contributed by atoms with E-state index < -0.39 is 0 Å². The van der Waals surface area contributed by atoms with Crippen LogP contribution < -0.4 is 10.1 Å². The minimum absolute atomic E-state index is 0.219. The Bertz CT molecular complexity index is 301. The highest BCUT2D eigenvalue weighted by atomic mass is 19.1. The fourth-order valence-corrected chi connectivity index (χ4v) is 1.51. The maximum atomic E-state index is 13.0. The molecule has 2 nitrogen and oxygen atoms in total. The van der Waals surface area contributed by atoms with E-state index in [0.717, 1.165) is 17.9 Å². The van der Waals surface area contributed by atoms with Crippen LogP contribution in [0.5, 0.6) is 5.75 Å². The lowest BCUT2D eigenvalue weighted by molar-refractivity contribution is 0.404. The molecule has 0 spiro atoms. The van der Waals surface area contributed by atoms with Gasteiger partial charge in [-0.3, -0.25) is 0 Å². The highest BCUT2D eigenvalue weighted by Crippen LogP contribution is 2.26. The molecule has 0 fully saturated rings. The Hall–Kier alpha value is -1.09. The van der Waals surface area contributed by atoms with Gasteiger partial charge in [-0.25, -0.2) is 4.39 Å². The maximum absolute atomic E-state index is 13.0. The van der Waals surface area contributed by atoms with E-state index in [-0.39, 0.29) is 11.7 Å². The summed E-state index contributed by atoms with van der Waals surface area (Å²) in [4.78, 5) is 0. The van der Waals surface area contributed by atoms with Gasteiger partial charge in [-0.05, 0) is 31.2 Å². The smallest absolute Gasteiger partial charge is 0.123 e. The van der Waals surface area contributed by atoms with Crippen LogP contribution in [0.1, 0.15) is 18.4 Å². The van der Waals surface area contributed by atoms with Crippen LogP contribution >= 0.6 is 0 Å². The molecular formula is C11H16FNO. The minimum Gasteiger partial charge on any atom is -0.496 e. The molecule has 1 aromatic carbocycles. The molecule has 1 N–H and O–H groups in total. The third kappa shape index (κ3) is 2.45. The molecule has 0 bridgehead atoms. The number of nitrogens with one attached hydrogen (secondary N) is 1. The van der Waals surface area contributed by atoms with Crippen LogP contribution in [-0.2, 0) is 0 Å². The number of methoxy groups -OCH3 is 1. The molecule has 0 aliphatic carbocycles. The second kappa shape index (κ2) is 4.96. The van der Waals surface area contributed by atoms with E-state index in [2.05, 4.69) is 5.32 Å². The van der Waals surface area contributed by atoms with Crippen LogP contribution in [0.4, 0.5) is 4.39 Å². The Morgan fingerprint density at radius 1 is 1.50 bits per heavy atom. The van der Waals surface area contributed by atoms with Gasteiger partial charge in [0.25, 0.3) is 0 Å². The highest BCUT2D eigenvalue weighted by Gasteiger charge is 2.11. The van der Waals surface area contributed by atoms with Crippen molar-refractivity contribution in [3.05, 3.63) is 29.6 Å². The van der Waals surface area contributed by atoms with Gasteiger partial charge < -0.3 is 10.1 Å². The zero-order valence-electron chi connectivity index (χ0n) is 8.80. The average Bonchev–Trinajstić information content (AvgIpc) is 2.18. The quantitative estimate of drug-likeness (QED) is 0.798. The van der Waals surface area contributed by atoms with Gasteiger partial charge in [-0.15, -0.1) is 0 Å².